The lowest BCUT2D eigenvalue weighted by Crippen LogP contribution is -2.36. The molecule has 2 aromatic rings. The first kappa shape index (κ1) is 14.6. The van der Waals surface area contributed by atoms with E-state index in [0.717, 1.165) is 11.1 Å². The zero-order valence-corrected chi connectivity index (χ0v) is 12.6. The molecule has 1 aliphatic carbocycles. The summed E-state index contributed by atoms with van der Waals surface area (Å²) in [6.45, 7) is 2.04. The van der Waals surface area contributed by atoms with Crippen LogP contribution in [-0.2, 0) is 5.60 Å². The highest BCUT2D eigenvalue weighted by atomic mass is 16.3. The van der Waals surface area contributed by atoms with Gasteiger partial charge in [0.05, 0.1) is 0 Å². The summed E-state index contributed by atoms with van der Waals surface area (Å²) in [6, 6.07) is 17.0. The summed E-state index contributed by atoms with van der Waals surface area (Å²) in [6.07, 6.45) is 7.69. The number of benzene rings is 2. The molecule has 0 bridgehead atoms. The third kappa shape index (κ3) is 2.46. The Labute approximate surface area is 131 Å². The summed E-state index contributed by atoms with van der Waals surface area (Å²) in [4.78, 5) is 0. The molecule has 2 N–H and O–H groups in total. The van der Waals surface area contributed by atoms with Gasteiger partial charge in [-0.05, 0) is 29.2 Å². The highest BCUT2D eigenvalue weighted by Crippen LogP contribution is 2.44. The number of aromatic hydroxyl groups is 1. The Morgan fingerprint density at radius 2 is 1.64 bits per heavy atom. The van der Waals surface area contributed by atoms with Crippen LogP contribution >= 0.6 is 0 Å². The average molecular weight is 292 g/mol. The van der Waals surface area contributed by atoms with Gasteiger partial charge in [0.25, 0.3) is 0 Å². The van der Waals surface area contributed by atoms with E-state index in [0.29, 0.717) is 0 Å². The second-order valence-corrected chi connectivity index (χ2v) is 5.81. The Balaban J connectivity index is 2.03. The normalized spacial score (nSPS) is 25.1. The zero-order chi connectivity index (χ0) is 15.6. The van der Waals surface area contributed by atoms with Crippen molar-refractivity contribution in [2.45, 2.75) is 18.4 Å². The molecule has 0 aliphatic heterocycles. The molecule has 0 heterocycles. The number of hydrogen-bond acceptors (Lipinski definition) is 2. The summed E-state index contributed by atoms with van der Waals surface area (Å²) >= 11 is 0. The van der Waals surface area contributed by atoms with Crippen LogP contribution in [0.25, 0.3) is 0 Å². The van der Waals surface area contributed by atoms with E-state index in [1.54, 1.807) is 6.07 Å². The Kier molecular flexibility index (Phi) is 3.86. The lowest BCUT2D eigenvalue weighted by Gasteiger charge is -2.38. The molecular formula is C20H20O2. The van der Waals surface area contributed by atoms with Gasteiger partial charge in [-0.25, -0.2) is 0 Å². The van der Waals surface area contributed by atoms with E-state index >= 15 is 0 Å². The number of rotatable bonds is 3. The van der Waals surface area contributed by atoms with Crippen molar-refractivity contribution in [2.75, 3.05) is 0 Å². The van der Waals surface area contributed by atoms with Gasteiger partial charge in [0.15, 0.2) is 0 Å². The molecule has 112 valence electrons. The summed E-state index contributed by atoms with van der Waals surface area (Å²) in [5.41, 5.74) is 0.641. The molecule has 2 heteroatoms. The van der Waals surface area contributed by atoms with E-state index in [1.165, 1.54) is 0 Å². The Morgan fingerprint density at radius 3 is 2.36 bits per heavy atom. The van der Waals surface area contributed by atoms with Crippen LogP contribution in [0.2, 0.25) is 0 Å². The SMILES string of the molecule is CC(c1ccccc1O)C1C=CC=CC1(O)c1ccccc1. The molecule has 2 aromatic carbocycles. The van der Waals surface area contributed by atoms with Gasteiger partial charge in [-0.2, -0.15) is 0 Å². The van der Waals surface area contributed by atoms with E-state index in [4.69, 9.17) is 0 Å². The number of phenolic OH excluding ortho intramolecular Hbond substituents is 1. The second-order valence-electron chi connectivity index (χ2n) is 5.81. The van der Waals surface area contributed by atoms with Crippen LogP contribution < -0.4 is 0 Å². The maximum Gasteiger partial charge on any atom is 0.119 e. The summed E-state index contributed by atoms with van der Waals surface area (Å²) < 4.78 is 0. The van der Waals surface area contributed by atoms with Gasteiger partial charge in [-0.15, -0.1) is 0 Å². The Morgan fingerprint density at radius 1 is 0.955 bits per heavy atom. The van der Waals surface area contributed by atoms with Gasteiger partial charge < -0.3 is 10.2 Å². The van der Waals surface area contributed by atoms with Crippen molar-refractivity contribution in [1.82, 2.24) is 0 Å². The average Bonchev–Trinajstić information content (AvgIpc) is 2.56. The smallest absolute Gasteiger partial charge is 0.119 e. The molecule has 0 saturated carbocycles. The van der Waals surface area contributed by atoms with Crippen LogP contribution in [0.5, 0.6) is 5.75 Å². The fourth-order valence-electron chi connectivity index (χ4n) is 3.25. The number of hydrogen-bond donors (Lipinski definition) is 2. The largest absolute Gasteiger partial charge is 0.508 e. The number of para-hydroxylation sites is 1. The molecule has 0 spiro atoms. The summed E-state index contributed by atoms with van der Waals surface area (Å²) in [5.74, 6) is 0.106. The number of phenols is 1. The van der Waals surface area contributed by atoms with Gasteiger partial charge in [0, 0.05) is 5.92 Å². The minimum absolute atomic E-state index is 0.0207. The predicted octanol–water partition coefficient (Wildman–Crippen LogP) is 4.13. The molecule has 0 fully saturated rings. The van der Waals surface area contributed by atoms with E-state index in [1.807, 2.05) is 79.8 Å². The van der Waals surface area contributed by atoms with Crippen molar-refractivity contribution < 1.29 is 10.2 Å². The molecule has 3 unspecified atom stereocenters. The molecule has 2 nitrogen and oxygen atoms in total. The third-order valence-corrected chi connectivity index (χ3v) is 4.49. The minimum Gasteiger partial charge on any atom is -0.508 e. The quantitative estimate of drug-likeness (QED) is 0.893. The van der Waals surface area contributed by atoms with E-state index in [2.05, 4.69) is 0 Å². The molecule has 0 radical (unpaired) electrons. The number of aliphatic hydroxyl groups is 1. The van der Waals surface area contributed by atoms with Crippen molar-refractivity contribution in [3.8, 4) is 5.75 Å². The lowest BCUT2D eigenvalue weighted by atomic mass is 9.70. The van der Waals surface area contributed by atoms with Crippen LogP contribution in [0.3, 0.4) is 0 Å². The highest BCUT2D eigenvalue weighted by molar-refractivity contribution is 5.40. The molecule has 0 saturated heterocycles. The van der Waals surface area contributed by atoms with E-state index in [9.17, 15) is 10.2 Å². The van der Waals surface area contributed by atoms with Crippen LogP contribution in [0.4, 0.5) is 0 Å². The van der Waals surface area contributed by atoms with Crippen molar-refractivity contribution in [3.63, 3.8) is 0 Å². The third-order valence-electron chi connectivity index (χ3n) is 4.49. The van der Waals surface area contributed by atoms with Crippen LogP contribution in [0, 0.1) is 5.92 Å². The van der Waals surface area contributed by atoms with Crippen LogP contribution in [0.1, 0.15) is 24.0 Å². The first-order valence-corrected chi connectivity index (χ1v) is 7.55. The summed E-state index contributed by atoms with van der Waals surface area (Å²) in [5, 5.41) is 21.4. The summed E-state index contributed by atoms with van der Waals surface area (Å²) in [7, 11) is 0. The minimum atomic E-state index is -1.07. The second kappa shape index (κ2) is 5.82. The first-order valence-electron chi connectivity index (χ1n) is 7.55. The maximum absolute atomic E-state index is 11.3. The van der Waals surface area contributed by atoms with Gasteiger partial charge in [0.2, 0.25) is 0 Å². The Bertz CT molecular complexity index is 703. The Hall–Kier alpha value is -2.32. The fraction of sp³-hybridized carbons (Fsp3) is 0.200. The maximum atomic E-state index is 11.3. The van der Waals surface area contributed by atoms with Gasteiger partial charge >= 0.3 is 0 Å². The van der Waals surface area contributed by atoms with Crippen LogP contribution in [0.15, 0.2) is 78.9 Å². The van der Waals surface area contributed by atoms with Gasteiger partial charge in [0.1, 0.15) is 11.4 Å². The molecule has 22 heavy (non-hydrogen) atoms. The van der Waals surface area contributed by atoms with E-state index in [-0.39, 0.29) is 17.6 Å². The standard InChI is InChI=1S/C20H20O2/c1-15(17-11-5-6-13-19(17)21)18-12-7-8-14-20(18,22)16-9-3-2-4-10-16/h2-15,18,21-22H,1H3. The molecule has 1 aliphatic rings. The van der Waals surface area contributed by atoms with Crippen molar-refractivity contribution in [3.05, 3.63) is 90.0 Å². The first-order chi connectivity index (χ1) is 10.6. The fourth-order valence-corrected chi connectivity index (χ4v) is 3.25. The molecule has 0 aromatic heterocycles. The van der Waals surface area contributed by atoms with Crippen molar-refractivity contribution in [1.29, 1.82) is 0 Å². The predicted molar refractivity (Wildman–Crippen MR) is 88.6 cm³/mol. The van der Waals surface area contributed by atoms with Crippen molar-refractivity contribution in [2.24, 2.45) is 5.92 Å². The molecule has 3 rings (SSSR count). The molecule has 3 atom stereocenters. The van der Waals surface area contributed by atoms with Crippen molar-refractivity contribution >= 4 is 0 Å². The highest BCUT2D eigenvalue weighted by Gasteiger charge is 2.39. The zero-order valence-electron chi connectivity index (χ0n) is 12.6. The monoisotopic (exact) mass is 292 g/mol. The van der Waals surface area contributed by atoms with Gasteiger partial charge in [-0.3, -0.25) is 0 Å². The lowest BCUT2D eigenvalue weighted by molar-refractivity contribution is 0.0332. The number of allylic oxidation sites excluding steroid dienone is 2. The molecule has 0 amide bonds. The van der Waals surface area contributed by atoms with Crippen LogP contribution in [-0.4, -0.2) is 10.2 Å². The van der Waals surface area contributed by atoms with Gasteiger partial charge in [-0.1, -0.05) is 73.7 Å². The van der Waals surface area contributed by atoms with E-state index < -0.39 is 5.60 Å². The molecular weight excluding hydrogens is 272 g/mol. The topological polar surface area (TPSA) is 40.5 Å².